The van der Waals surface area contributed by atoms with Gasteiger partial charge in [-0.25, -0.2) is 0 Å². The molecule has 1 aromatic carbocycles. The molecule has 0 atom stereocenters. The molecule has 3 rings (SSSR count). The van der Waals surface area contributed by atoms with Gasteiger partial charge in [0.1, 0.15) is 12.1 Å². The maximum absolute atomic E-state index is 12.8. The van der Waals surface area contributed by atoms with Crippen molar-refractivity contribution in [1.29, 1.82) is 0 Å². The Morgan fingerprint density at radius 3 is 2.41 bits per heavy atom. The van der Waals surface area contributed by atoms with Gasteiger partial charge in [-0.2, -0.15) is 13.2 Å². The van der Waals surface area contributed by atoms with Crippen molar-refractivity contribution in [2.24, 2.45) is 0 Å². The molecule has 154 valence electrons. The van der Waals surface area contributed by atoms with E-state index in [1.807, 2.05) is 4.90 Å². The van der Waals surface area contributed by atoms with Crippen LogP contribution in [-0.2, 0) is 17.5 Å². The van der Waals surface area contributed by atoms with Crippen LogP contribution in [0, 0.1) is 10.1 Å². The molecule has 0 bridgehead atoms. The van der Waals surface area contributed by atoms with Crippen molar-refractivity contribution < 1.29 is 22.9 Å². The van der Waals surface area contributed by atoms with Gasteiger partial charge in [0.05, 0.1) is 4.92 Å². The maximum Gasteiger partial charge on any atom is 0.421 e. The van der Waals surface area contributed by atoms with Crippen LogP contribution in [0.3, 0.4) is 0 Å². The number of halogens is 3. The maximum atomic E-state index is 12.8. The minimum atomic E-state index is -4.78. The molecule has 2 aromatic rings. The Morgan fingerprint density at radius 2 is 1.79 bits per heavy atom. The lowest BCUT2D eigenvalue weighted by molar-refractivity contribution is -0.384. The molecule has 1 amide bonds. The Kier molecular flexibility index (Phi) is 5.57. The first-order valence-electron chi connectivity index (χ1n) is 8.70. The van der Waals surface area contributed by atoms with Crippen molar-refractivity contribution in [3.05, 3.63) is 68.6 Å². The number of alkyl halides is 3. The number of benzene rings is 1. The number of hydrogen-bond acceptors (Lipinski definition) is 5. The smallest absolute Gasteiger partial charge is 0.368 e. The van der Waals surface area contributed by atoms with Crippen molar-refractivity contribution in [1.82, 2.24) is 9.47 Å². The number of carbonyl (C=O) groups excluding carboxylic acids is 1. The summed E-state index contributed by atoms with van der Waals surface area (Å²) >= 11 is 0. The first kappa shape index (κ1) is 20.4. The number of non-ortho nitro benzene ring substituents is 1. The molecule has 1 aromatic heterocycles. The highest BCUT2D eigenvalue weighted by Crippen LogP contribution is 2.26. The molecule has 0 saturated carbocycles. The summed E-state index contributed by atoms with van der Waals surface area (Å²) in [6, 6.07) is 7.90. The highest BCUT2D eigenvalue weighted by Gasteiger charge is 2.34. The summed E-state index contributed by atoms with van der Waals surface area (Å²) in [6.45, 7) is 0.902. The number of aromatic nitrogens is 1. The molecule has 1 saturated heterocycles. The van der Waals surface area contributed by atoms with Crippen LogP contribution in [0.2, 0.25) is 0 Å². The van der Waals surface area contributed by atoms with Crippen molar-refractivity contribution in [3.63, 3.8) is 0 Å². The van der Waals surface area contributed by atoms with E-state index in [1.165, 1.54) is 17.0 Å². The molecule has 0 radical (unpaired) electrons. The summed E-state index contributed by atoms with van der Waals surface area (Å²) in [7, 11) is 0. The lowest BCUT2D eigenvalue weighted by atomic mass is 10.2. The Labute approximate surface area is 162 Å². The van der Waals surface area contributed by atoms with Crippen LogP contribution >= 0.6 is 0 Å². The Morgan fingerprint density at radius 1 is 1.10 bits per heavy atom. The van der Waals surface area contributed by atoms with Gasteiger partial charge in [0, 0.05) is 50.2 Å². The van der Waals surface area contributed by atoms with E-state index in [-0.39, 0.29) is 18.8 Å². The van der Waals surface area contributed by atoms with Gasteiger partial charge in [-0.3, -0.25) is 19.7 Å². The van der Waals surface area contributed by atoms with Crippen LogP contribution in [0.1, 0.15) is 5.56 Å². The largest absolute Gasteiger partial charge is 0.421 e. The molecule has 1 aliphatic rings. The normalized spacial score (nSPS) is 14.7. The molecule has 1 fully saturated rings. The van der Waals surface area contributed by atoms with Gasteiger partial charge in [-0.05, 0) is 18.2 Å². The first-order chi connectivity index (χ1) is 13.7. The zero-order chi connectivity index (χ0) is 21.2. The third-order valence-electron chi connectivity index (χ3n) is 4.67. The predicted octanol–water partition coefficient (Wildman–Crippen LogP) is 2.12. The lowest BCUT2D eigenvalue weighted by Gasteiger charge is -2.36. The monoisotopic (exact) mass is 410 g/mol. The number of hydrogen-bond donors (Lipinski definition) is 0. The zero-order valence-corrected chi connectivity index (χ0v) is 15.1. The molecule has 0 spiro atoms. The van der Waals surface area contributed by atoms with Crippen LogP contribution in [-0.4, -0.2) is 46.5 Å². The van der Waals surface area contributed by atoms with Crippen LogP contribution < -0.4 is 10.5 Å². The van der Waals surface area contributed by atoms with E-state index in [4.69, 9.17) is 0 Å². The van der Waals surface area contributed by atoms with Gasteiger partial charge in [0.15, 0.2) is 0 Å². The fraction of sp³-hybridized carbons (Fsp3) is 0.333. The van der Waals surface area contributed by atoms with E-state index in [0.29, 0.717) is 24.8 Å². The number of carbonyl (C=O) groups is 1. The molecular formula is C18H17F3N4O4. The van der Waals surface area contributed by atoms with E-state index in [2.05, 4.69) is 0 Å². The second-order valence-electron chi connectivity index (χ2n) is 6.50. The summed E-state index contributed by atoms with van der Waals surface area (Å²) in [6.07, 6.45) is -3.64. The average Bonchev–Trinajstić information content (AvgIpc) is 2.69. The van der Waals surface area contributed by atoms with E-state index < -0.39 is 34.7 Å². The Hall–Kier alpha value is -3.37. The van der Waals surface area contributed by atoms with Crippen LogP contribution in [0.15, 0.2) is 47.4 Å². The SMILES string of the molecule is O=C(Cn1cccc(C(F)(F)F)c1=O)N1CCN(c2cccc([N+](=O)[O-])c2)CC1. The van der Waals surface area contributed by atoms with E-state index in [9.17, 15) is 32.9 Å². The topological polar surface area (TPSA) is 88.7 Å². The number of rotatable bonds is 4. The Bertz CT molecular complexity index is 982. The number of pyridine rings is 1. The van der Waals surface area contributed by atoms with Gasteiger partial charge in [-0.15, -0.1) is 0 Å². The van der Waals surface area contributed by atoms with Crippen molar-refractivity contribution in [3.8, 4) is 0 Å². The van der Waals surface area contributed by atoms with E-state index in [0.717, 1.165) is 16.8 Å². The van der Waals surface area contributed by atoms with Gasteiger partial charge >= 0.3 is 6.18 Å². The van der Waals surface area contributed by atoms with E-state index >= 15 is 0 Å². The van der Waals surface area contributed by atoms with Gasteiger partial charge in [-0.1, -0.05) is 6.07 Å². The van der Waals surface area contributed by atoms with Crippen molar-refractivity contribution in [2.75, 3.05) is 31.1 Å². The molecule has 29 heavy (non-hydrogen) atoms. The molecule has 1 aliphatic heterocycles. The van der Waals surface area contributed by atoms with Crippen LogP contribution in [0.25, 0.3) is 0 Å². The predicted molar refractivity (Wildman–Crippen MR) is 97.6 cm³/mol. The highest BCUT2D eigenvalue weighted by atomic mass is 19.4. The summed E-state index contributed by atoms with van der Waals surface area (Å²) in [4.78, 5) is 38.2. The van der Waals surface area contributed by atoms with Gasteiger partial charge in [0.25, 0.3) is 11.2 Å². The standard InChI is InChI=1S/C18H17F3N4O4/c19-18(20,21)15-5-2-6-24(17(15)27)12-16(26)23-9-7-22(8-10-23)13-3-1-4-14(11-13)25(28)29/h1-6,11H,7-10,12H2. The lowest BCUT2D eigenvalue weighted by Crippen LogP contribution is -2.50. The molecule has 0 aliphatic carbocycles. The average molecular weight is 410 g/mol. The van der Waals surface area contributed by atoms with Crippen molar-refractivity contribution >= 4 is 17.3 Å². The molecule has 0 N–H and O–H groups in total. The molecular weight excluding hydrogens is 393 g/mol. The van der Waals surface area contributed by atoms with Crippen LogP contribution in [0.4, 0.5) is 24.5 Å². The van der Waals surface area contributed by atoms with Crippen LogP contribution in [0.5, 0.6) is 0 Å². The zero-order valence-electron chi connectivity index (χ0n) is 15.1. The summed E-state index contributed by atoms with van der Waals surface area (Å²) in [5.74, 6) is -0.467. The third kappa shape index (κ3) is 4.55. The molecule has 8 nitrogen and oxygen atoms in total. The minimum Gasteiger partial charge on any atom is -0.368 e. The number of amides is 1. The minimum absolute atomic E-state index is 0.0371. The fourth-order valence-corrected chi connectivity index (χ4v) is 3.14. The number of anilines is 1. The third-order valence-corrected chi connectivity index (χ3v) is 4.67. The van der Waals surface area contributed by atoms with Gasteiger partial charge in [0.2, 0.25) is 5.91 Å². The summed E-state index contributed by atoms with van der Waals surface area (Å²) in [5, 5.41) is 10.9. The number of piperazine rings is 1. The molecule has 11 heteroatoms. The second kappa shape index (κ2) is 7.94. The first-order valence-corrected chi connectivity index (χ1v) is 8.70. The fourth-order valence-electron chi connectivity index (χ4n) is 3.14. The molecule has 2 heterocycles. The van der Waals surface area contributed by atoms with E-state index in [1.54, 1.807) is 12.1 Å². The number of nitrogens with zero attached hydrogens (tertiary/aromatic N) is 4. The Balaban J connectivity index is 1.65. The van der Waals surface area contributed by atoms with Crippen molar-refractivity contribution in [2.45, 2.75) is 12.7 Å². The highest BCUT2D eigenvalue weighted by molar-refractivity contribution is 5.76. The summed E-state index contributed by atoms with van der Waals surface area (Å²) < 4.78 is 39.3. The second-order valence-corrected chi connectivity index (χ2v) is 6.50. The summed E-state index contributed by atoms with van der Waals surface area (Å²) in [5.41, 5.74) is -1.96. The number of nitro benzene ring substituents is 1. The number of nitro groups is 1. The molecule has 0 unspecified atom stereocenters. The van der Waals surface area contributed by atoms with Gasteiger partial charge < -0.3 is 14.4 Å². The quantitative estimate of drug-likeness (QED) is 0.569.